The van der Waals surface area contributed by atoms with Crippen molar-refractivity contribution >= 4 is 44.3 Å². The van der Waals surface area contributed by atoms with Gasteiger partial charge in [-0.05, 0) is 29.3 Å². The van der Waals surface area contributed by atoms with Gasteiger partial charge >= 0.3 is 0 Å². The number of benzene rings is 1. The SMILES string of the molecule is O=c1[nH]c(C(Cl)=Cc2cccnc2)nc2sc(-c3ccccc3)cc12. The number of aromatic nitrogens is 3. The molecule has 0 aliphatic heterocycles. The van der Waals surface area contributed by atoms with Crippen molar-refractivity contribution in [1.82, 2.24) is 15.0 Å². The Balaban J connectivity index is 1.80. The van der Waals surface area contributed by atoms with Gasteiger partial charge in [-0.2, -0.15) is 0 Å². The summed E-state index contributed by atoms with van der Waals surface area (Å²) in [5.74, 6) is 0.351. The molecule has 0 aliphatic carbocycles. The van der Waals surface area contributed by atoms with E-state index in [0.29, 0.717) is 21.1 Å². The summed E-state index contributed by atoms with van der Waals surface area (Å²) in [6.45, 7) is 0. The van der Waals surface area contributed by atoms with Crippen molar-refractivity contribution in [2.75, 3.05) is 0 Å². The first-order chi connectivity index (χ1) is 12.2. The zero-order valence-corrected chi connectivity index (χ0v) is 14.5. The number of nitrogens with zero attached hydrogens (tertiary/aromatic N) is 2. The number of thiophene rings is 1. The zero-order chi connectivity index (χ0) is 17.2. The third-order valence-electron chi connectivity index (χ3n) is 3.66. The van der Waals surface area contributed by atoms with E-state index in [-0.39, 0.29) is 5.56 Å². The monoisotopic (exact) mass is 365 g/mol. The number of pyridine rings is 1. The van der Waals surface area contributed by atoms with Crippen molar-refractivity contribution in [3.63, 3.8) is 0 Å². The molecule has 25 heavy (non-hydrogen) atoms. The molecular formula is C19H12ClN3OS. The predicted molar refractivity (Wildman–Crippen MR) is 104 cm³/mol. The minimum atomic E-state index is -0.198. The van der Waals surface area contributed by atoms with E-state index in [1.54, 1.807) is 18.5 Å². The van der Waals surface area contributed by atoms with Crippen molar-refractivity contribution in [2.45, 2.75) is 0 Å². The lowest BCUT2D eigenvalue weighted by molar-refractivity contribution is 1.14. The second-order valence-electron chi connectivity index (χ2n) is 5.39. The van der Waals surface area contributed by atoms with E-state index in [1.165, 1.54) is 11.3 Å². The number of hydrogen-bond donors (Lipinski definition) is 1. The lowest BCUT2D eigenvalue weighted by atomic mass is 10.2. The van der Waals surface area contributed by atoms with Crippen LogP contribution in [0.3, 0.4) is 0 Å². The molecule has 0 aliphatic rings. The van der Waals surface area contributed by atoms with E-state index in [0.717, 1.165) is 16.0 Å². The third-order valence-corrected chi connectivity index (χ3v) is 5.03. The largest absolute Gasteiger partial charge is 0.305 e. The van der Waals surface area contributed by atoms with Crippen LogP contribution >= 0.6 is 22.9 Å². The maximum Gasteiger partial charge on any atom is 0.259 e. The van der Waals surface area contributed by atoms with Crippen molar-refractivity contribution in [3.8, 4) is 10.4 Å². The fourth-order valence-electron chi connectivity index (χ4n) is 2.47. The van der Waals surface area contributed by atoms with Crippen LogP contribution in [0.15, 0.2) is 65.7 Å². The molecule has 3 aromatic heterocycles. The summed E-state index contributed by atoms with van der Waals surface area (Å²) in [5.41, 5.74) is 1.70. The smallest absolute Gasteiger partial charge is 0.259 e. The number of H-pyrrole nitrogens is 1. The minimum Gasteiger partial charge on any atom is -0.305 e. The topological polar surface area (TPSA) is 58.6 Å². The molecule has 0 unspecified atom stereocenters. The van der Waals surface area contributed by atoms with Gasteiger partial charge in [-0.25, -0.2) is 4.98 Å². The predicted octanol–water partition coefficient (Wildman–Crippen LogP) is 4.78. The van der Waals surface area contributed by atoms with Crippen LogP contribution in [0.4, 0.5) is 0 Å². The van der Waals surface area contributed by atoms with Gasteiger partial charge in [0.05, 0.1) is 10.4 Å². The van der Waals surface area contributed by atoms with E-state index < -0.39 is 0 Å². The highest BCUT2D eigenvalue weighted by atomic mass is 35.5. The molecule has 1 aromatic carbocycles. The van der Waals surface area contributed by atoms with Crippen LogP contribution in [0, 0.1) is 0 Å². The molecule has 0 saturated heterocycles. The Morgan fingerprint density at radius 2 is 2.00 bits per heavy atom. The van der Waals surface area contributed by atoms with Gasteiger partial charge in [-0.15, -0.1) is 11.3 Å². The second kappa shape index (κ2) is 6.63. The average molecular weight is 366 g/mol. The Hall–Kier alpha value is -2.76. The molecule has 4 aromatic rings. The number of rotatable bonds is 3. The van der Waals surface area contributed by atoms with Crippen LogP contribution in [-0.4, -0.2) is 15.0 Å². The highest BCUT2D eigenvalue weighted by Crippen LogP contribution is 2.31. The molecule has 122 valence electrons. The highest BCUT2D eigenvalue weighted by molar-refractivity contribution is 7.21. The van der Waals surface area contributed by atoms with Crippen LogP contribution in [0.5, 0.6) is 0 Å². The first kappa shape index (κ1) is 15.7. The molecule has 3 heterocycles. The standard InChI is InChI=1S/C19H12ClN3OS/c20-15(9-12-5-4-8-21-11-12)17-22-18(24)14-10-16(25-19(14)23-17)13-6-2-1-3-7-13/h1-11H,(H,22,23,24). The highest BCUT2D eigenvalue weighted by Gasteiger charge is 2.11. The molecule has 0 atom stereocenters. The lowest BCUT2D eigenvalue weighted by Crippen LogP contribution is -2.09. The van der Waals surface area contributed by atoms with Crippen LogP contribution in [0.1, 0.15) is 11.4 Å². The van der Waals surface area contributed by atoms with Crippen molar-refractivity contribution < 1.29 is 0 Å². The number of aromatic amines is 1. The van der Waals surface area contributed by atoms with Gasteiger partial charge in [0.15, 0.2) is 5.82 Å². The third kappa shape index (κ3) is 3.24. The maximum atomic E-state index is 12.4. The minimum absolute atomic E-state index is 0.198. The van der Waals surface area contributed by atoms with E-state index in [9.17, 15) is 4.79 Å². The molecule has 0 amide bonds. The van der Waals surface area contributed by atoms with Crippen LogP contribution < -0.4 is 5.56 Å². The number of hydrogen-bond acceptors (Lipinski definition) is 4. The van der Waals surface area contributed by atoms with Gasteiger partial charge < -0.3 is 4.98 Å². The second-order valence-corrected chi connectivity index (χ2v) is 6.83. The van der Waals surface area contributed by atoms with Gasteiger partial charge in [0.1, 0.15) is 4.83 Å². The zero-order valence-electron chi connectivity index (χ0n) is 12.9. The van der Waals surface area contributed by atoms with Crippen LogP contribution in [-0.2, 0) is 0 Å². The van der Waals surface area contributed by atoms with E-state index in [4.69, 9.17) is 11.6 Å². The number of halogens is 1. The van der Waals surface area contributed by atoms with E-state index in [1.807, 2.05) is 48.5 Å². The van der Waals surface area contributed by atoms with Gasteiger partial charge in [0.2, 0.25) is 0 Å². The summed E-state index contributed by atoms with van der Waals surface area (Å²) in [7, 11) is 0. The van der Waals surface area contributed by atoms with Crippen molar-refractivity contribution in [2.24, 2.45) is 0 Å². The summed E-state index contributed by atoms with van der Waals surface area (Å²) in [6, 6.07) is 15.5. The van der Waals surface area contributed by atoms with Crippen LogP contribution in [0.2, 0.25) is 0 Å². The number of nitrogens with one attached hydrogen (secondary N) is 1. The molecule has 0 bridgehead atoms. The molecule has 4 rings (SSSR count). The van der Waals surface area contributed by atoms with Crippen molar-refractivity contribution in [1.29, 1.82) is 0 Å². The molecule has 0 spiro atoms. The van der Waals surface area contributed by atoms with Gasteiger partial charge in [0, 0.05) is 17.3 Å². The Kier molecular flexibility index (Phi) is 4.17. The fraction of sp³-hybridized carbons (Fsp3) is 0. The molecule has 4 nitrogen and oxygen atoms in total. The Morgan fingerprint density at radius 3 is 2.76 bits per heavy atom. The normalized spacial score (nSPS) is 11.8. The Morgan fingerprint density at radius 1 is 1.16 bits per heavy atom. The van der Waals surface area contributed by atoms with Gasteiger partial charge in [-0.1, -0.05) is 48.0 Å². The van der Waals surface area contributed by atoms with Crippen molar-refractivity contribution in [3.05, 3.63) is 82.7 Å². The average Bonchev–Trinajstić information content (AvgIpc) is 3.08. The molecule has 0 fully saturated rings. The number of fused-ring (bicyclic) bond motifs is 1. The van der Waals surface area contributed by atoms with E-state index in [2.05, 4.69) is 15.0 Å². The molecule has 1 N–H and O–H groups in total. The molecule has 0 radical (unpaired) electrons. The van der Waals surface area contributed by atoms with Gasteiger partial charge in [0.25, 0.3) is 5.56 Å². The molecular weight excluding hydrogens is 354 g/mol. The van der Waals surface area contributed by atoms with Crippen LogP contribution in [0.25, 0.3) is 31.8 Å². The summed E-state index contributed by atoms with van der Waals surface area (Å²) >= 11 is 7.82. The summed E-state index contributed by atoms with van der Waals surface area (Å²) in [4.78, 5) is 25.4. The fourth-order valence-corrected chi connectivity index (χ4v) is 3.72. The Labute approximate surface area is 152 Å². The summed E-state index contributed by atoms with van der Waals surface area (Å²) in [6.07, 6.45) is 5.11. The Bertz CT molecular complexity index is 1120. The summed E-state index contributed by atoms with van der Waals surface area (Å²) in [5, 5.41) is 0.931. The lowest BCUT2D eigenvalue weighted by Gasteiger charge is -1.99. The molecule has 6 heteroatoms. The maximum absolute atomic E-state index is 12.4. The summed E-state index contributed by atoms with van der Waals surface area (Å²) < 4.78 is 0. The first-order valence-corrected chi connectivity index (χ1v) is 8.77. The molecule has 0 saturated carbocycles. The van der Waals surface area contributed by atoms with E-state index >= 15 is 0 Å². The van der Waals surface area contributed by atoms with Gasteiger partial charge in [-0.3, -0.25) is 9.78 Å². The first-order valence-electron chi connectivity index (χ1n) is 7.57. The quantitative estimate of drug-likeness (QED) is 0.568.